The van der Waals surface area contributed by atoms with Gasteiger partial charge in [0.2, 0.25) is 0 Å². The maximum Gasteiger partial charge on any atom is 0.276 e. The Bertz CT molecular complexity index is 452. The van der Waals surface area contributed by atoms with E-state index in [1.165, 1.54) is 12.1 Å². The Kier molecular flexibility index (Phi) is 5.73. The number of hydrogen-bond donors (Lipinski definition) is 2. The second-order valence-corrected chi connectivity index (χ2v) is 5.64. The third kappa shape index (κ3) is 4.36. The molecule has 6 heteroatoms. The van der Waals surface area contributed by atoms with Crippen LogP contribution in [0.25, 0.3) is 0 Å². The summed E-state index contributed by atoms with van der Waals surface area (Å²) in [6, 6.07) is 2.89. The van der Waals surface area contributed by atoms with Gasteiger partial charge in [0.15, 0.2) is 0 Å². The molecule has 0 atom stereocenters. The van der Waals surface area contributed by atoms with Crippen LogP contribution in [-0.4, -0.2) is 23.5 Å². The van der Waals surface area contributed by atoms with Crippen molar-refractivity contribution >= 4 is 17.3 Å². The second-order valence-electron chi connectivity index (χ2n) is 5.64. The summed E-state index contributed by atoms with van der Waals surface area (Å²) >= 11 is 0. The van der Waals surface area contributed by atoms with E-state index >= 15 is 0 Å². The fourth-order valence-corrected chi connectivity index (χ4v) is 2.30. The van der Waals surface area contributed by atoms with Gasteiger partial charge in [-0.1, -0.05) is 27.7 Å². The predicted octanol–water partition coefficient (Wildman–Crippen LogP) is 3.37. The molecule has 0 aliphatic rings. The zero-order chi connectivity index (χ0) is 15.3. The SMILES string of the molecule is CNc1cc([N+](=O)[O-])cc(NCC(C(C)C)C(C)C)n1. The Morgan fingerprint density at radius 3 is 2.20 bits per heavy atom. The molecule has 1 heterocycles. The molecule has 2 N–H and O–H groups in total. The van der Waals surface area contributed by atoms with Gasteiger partial charge < -0.3 is 10.6 Å². The largest absolute Gasteiger partial charge is 0.373 e. The summed E-state index contributed by atoms with van der Waals surface area (Å²) in [7, 11) is 1.70. The van der Waals surface area contributed by atoms with Crippen molar-refractivity contribution in [3.8, 4) is 0 Å². The van der Waals surface area contributed by atoms with Crippen LogP contribution in [0.15, 0.2) is 12.1 Å². The van der Waals surface area contributed by atoms with Crippen molar-refractivity contribution in [1.29, 1.82) is 0 Å². The van der Waals surface area contributed by atoms with Crippen LogP contribution in [0.1, 0.15) is 27.7 Å². The molecule has 1 aromatic rings. The topological polar surface area (TPSA) is 80.1 Å². The number of hydrogen-bond acceptors (Lipinski definition) is 5. The Hall–Kier alpha value is -1.85. The van der Waals surface area contributed by atoms with Gasteiger partial charge in [-0.2, -0.15) is 0 Å². The molecule has 0 radical (unpaired) electrons. The summed E-state index contributed by atoms with van der Waals surface area (Å²) in [6.45, 7) is 9.50. The van der Waals surface area contributed by atoms with Gasteiger partial charge in [0.1, 0.15) is 11.6 Å². The number of nitro groups is 1. The fourth-order valence-electron chi connectivity index (χ4n) is 2.30. The lowest BCUT2D eigenvalue weighted by atomic mass is 9.85. The molecule has 0 spiro atoms. The maximum atomic E-state index is 10.9. The first kappa shape index (κ1) is 16.2. The molecule has 112 valence electrons. The number of pyridine rings is 1. The standard InChI is InChI=1S/C14H24N4O2/c1-9(2)12(10(3)4)8-16-14-7-11(18(19)20)6-13(15-5)17-14/h6-7,9-10,12H,8H2,1-5H3,(H2,15,16,17). The van der Waals surface area contributed by atoms with E-state index in [9.17, 15) is 10.1 Å². The lowest BCUT2D eigenvalue weighted by Gasteiger charge is -2.25. The molecule has 1 rings (SSSR count). The molecular weight excluding hydrogens is 256 g/mol. The second kappa shape index (κ2) is 7.07. The van der Waals surface area contributed by atoms with Gasteiger partial charge in [0.25, 0.3) is 5.69 Å². The van der Waals surface area contributed by atoms with Crippen LogP contribution >= 0.6 is 0 Å². The molecule has 0 bridgehead atoms. The van der Waals surface area contributed by atoms with Gasteiger partial charge in [-0.3, -0.25) is 10.1 Å². The normalized spacial score (nSPS) is 11.2. The monoisotopic (exact) mass is 280 g/mol. The van der Waals surface area contributed by atoms with Crippen LogP contribution < -0.4 is 10.6 Å². The Labute approximate surface area is 120 Å². The van der Waals surface area contributed by atoms with Gasteiger partial charge in [0.05, 0.1) is 17.1 Å². The van der Waals surface area contributed by atoms with Gasteiger partial charge in [-0.05, 0) is 17.8 Å². The van der Waals surface area contributed by atoms with Gasteiger partial charge in [-0.15, -0.1) is 0 Å². The van der Waals surface area contributed by atoms with Gasteiger partial charge in [-0.25, -0.2) is 4.98 Å². The average molecular weight is 280 g/mol. The van der Waals surface area contributed by atoms with Gasteiger partial charge in [0, 0.05) is 13.6 Å². The first-order chi connectivity index (χ1) is 9.35. The highest BCUT2D eigenvalue weighted by Gasteiger charge is 2.18. The van der Waals surface area contributed by atoms with E-state index in [2.05, 4.69) is 43.3 Å². The molecule has 0 aliphatic heterocycles. The summed E-state index contributed by atoms with van der Waals surface area (Å²) in [5.41, 5.74) is 0.0393. The highest BCUT2D eigenvalue weighted by molar-refractivity contribution is 5.54. The Morgan fingerprint density at radius 2 is 1.75 bits per heavy atom. The van der Waals surface area contributed by atoms with Crippen LogP contribution in [0.5, 0.6) is 0 Å². The molecule has 0 aromatic carbocycles. The highest BCUT2D eigenvalue weighted by Crippen LogP contribution is 2.23. The first-order valence-corrected chi connectivity index (χ1v) is 6.93. The zero-order valence-electron chi connectivity index (χ0n) is 12.8. The molecule has 6 nitrogen and oxygen atoms in total. The first-order valence-electron chi connectivity index (χ1n) is 6.93. The van der Waals surface area contributed by atoms with E-state index < -0.39 is 4.92 Å². The fraction of sp³-hybridized carbons (Fsp3) is 0.643. The van der Waals surface area contributed by atoms with E-state index in [0.29, 0.717) is 29.4 Å². The van der Waals surface area contributed by atoms with Crippen LogP contribution in [0.2, 0.25) is 0 Å². The molecule has 1 aromatic heterocycles. The highest BCUT2D eigenvalue weighted by atomic mass is 16.6. The van der Waals surface area contributed by atoms with Crippen molar-refractivity contribution in [2.24, 2.45) is 17.8 Å². The third-order valence-electron chi connectivity index (χ3n) is 3.51. The molecule has 0 saturated heterocycles. The summed E-state index contributed by atoms with van der Waals surface area (Å²) in [5.74, 6) is 2.62. The van der Waals surface area contributed by atoms with E-state index in [-0.39, 0.29) is 5.69 Å². The summed E-state index contributed by atoms with van der Waals surface area (Å²) in [6.07, 6.45) is 0. The van der Waals surface area contributed by atoms with Crippen LogP contribution in [-0.2, 0) is 0 Å². The number of anilines is 2. The van der Waals surface area contributed by atoms with Crippen molar-refractivity contribution in [1.82, 2.24) is 4.98 Å². The third-order valence-corrected chi connectivity index (χ3v) is 3.51. The molecule has 0 aliphatic carbocycles. The summed E-state index contributed by atoms with van der Waals surface area (Å²) < 4.78 is 0. The van der Waals surface area contributed by atoms with Gasteiger partial charge >= 0.3 is 0 Å². The summed E-state index contributed by atoms with van der Waals surface area (Å²) in [5, 5.41) is 17.0. The van der Waals surface area contributed by atoms with Crippen LogP contribution in [0, 0.1) is 27.9 Å². The van der Waals surface area contributed by atoms with E-state index in [1.54, 1.807) is 7.05 Å². The van der Waals surface area contributed by atoms with E-state index in [4.69, 9.17) is 0 Å². The van der Waals surface area contributed by atoms with Crippen LogP contribution in [0.3, 0.4) is 0 Å². The van der Waals surface area contributed by atoms with Crippen molar-refractivity contribution in [3.05, 3.63) is 22.2 Å². The van der Waals surface area contributed by atoms with Crippen LogP contribution in [0.4, 0.5) is 17.3 Å². The minimum Gasteiger partial charge on any atom is -0.373 e. The smallest absolute Gasteiger partial charge is 0.276 e. The predicted molar refractivity (Wildman–Crippen MR) is 82.1 cm³/mol. The lowest BCUT2D eigenvalue weighted by Crippen LogP contribution is -2.24. The number of nitrogens with one attached hydrogen (secondary N) is 2. The molecule has 0 fully saturated rings. The van der Waals surface area contributed by atoms with Crippen molar-refractivity contribution in [2.75, 3.05) is 24.2 Å². The number of rotatable bonds is 7. The zero-order valence-corrected chi connectivity index (χ0v) is 12.8. The Balaban J connectivity index is 2.86. The Morgan fingerprint density at radius 1 is 1.20 bits per heavy atom. The maximum absolute atomic E-state index is 10.9. The number of nitrogens with zero attached hydrogens (tertiary/aromatic N) is 2. The molecule has 0 unspecified atom stereocenters. The quantitative estimate of drug-likeness (QED) is 0.591. The molecular formula is C14H24N4O2. The minimum absolute atomic E-state index is 0.0393. The van der Waals surface area contributed by atoms with Crippen molar-refractivity contribution in [3.63, 3.8) is 0 Å². The number of aromatic nitrogens is 1. The van der Waals surface area contributed by atoms with E-state index in [0.717, 1.165) is 6.54 Å². The molecule has 0 amide bonds. The van der Waals surface area contributed by atoms with Crippen molar-refractivity contribution < 1.29 is 4.92 Å². The van der Waals surface area contributed by atoms with Crippen molar-refractivity contribution in [2.45, 2.75) is 27.7 Å². The lowest BCUT2D eigenvalue weighted by molar-refractivity contribution is -0.384. The summed E-state index contributed by atoms with van der Waals surface area (Å²) in [4.78, 5) is 14.8. The molecule has 0 saturated carbocycles. The minimum atomic E-state index is -0.407. The average Bonchev–Trinajstić information content (AvgIpc) is 2.37. The molecule has 20 heavy (non-hydrogen) atoms. The van der Waals surface area contributed by atoms with E-state index in [1.807, 2.05) is 0 Å².